The lowest BCUT2D eigenvalue weighted by molar-refractivity contribution is -0.121. The molecule has 1 aliphatic carbocycles. The van der Waals surface area contributed by atoms with Crippen molar-refractivity contribution in [2.45, 2.75) is 44.4 Å². The monoisotopic (exact) mass is 255 g/mol. The van der Waals surface area contributed by atoms with Crippen molar-refractivity contribution in [1.82, 2.24) is 16.0 Å². The second-order valence-electron chi connectivity index (χ2n) is 5.02. The van der Waals surface area contributed by atoms with Gasteiger partial charge in [0, 0.05) is 19.7 Å². The molecule has 3 unspecified atom stereocenters. The first kappa shape index (κ1) is 13.3. The van der Waals surface area contributed by atoms with Crippen molar-refractivity contribution in [2.24, 2.45) is 5.92 Å². The van der Waals surface area contributed by atoms with Gasteiger partial charge in [-0.3, -0.25) is 10.1 Å². The second kappa shape index (κ2) is 5.67. The molecule has 0 bridgehead atoms. The lowest BCUT2D eigenvalue weighted by atomic mass is 10.1. The van der Waals surface area contributed by atoms with Crippen molar-refractivity contribution < 1.29 is 14.3 Å². The highest BCUT2D eigenvalue weighted by molar-refractivity contribution is 5.96. The lowest BCUT2D eigenvalue weighted by Gasteiger charge is -2.23. The SMILES string of the molecule is CNC(=O)NC(=O)C(C)NC1CCOC1C1CC1. The molecule has 18 heavy (non-hydrogen) atoms. The van der Waals surface area contributed by atoms with Crippen LogP contribution in [-0.2, 0) is 9.53 Å². The maximum absolute atomic E-state index is 11.7. The van der Waals surface area contributed by atoms with E-state index in [0.717, 1.165) is 13.0 Å². The number of imide groups is 1. The zero-order valence-electron chi connectivity index (χ0n) is 10.9. The highest BCUT2D eigenvalue weighted by Crippen LogP contribution is 2.38. The third kappa shape index (κ3) is 3.20. The Bertz CT molecular complexity index is 331. The van der Waals surface area contributed by atoms with E-state index in [4.69, 9.17) is 4.74 Å². The smallest absolute Gasteiger partial charge is 0.321 e. The Labute approximate surface area is 107 Å². The van der Waals surface area contributed by atoms with Crippen LogP contribution in [0.25, 0.3) is 0 Å². The van der Waals surface area contributed by atoms with Crippen molar-refractivity contribution in [3.05, 3.63) is 0 Å². The Morgan fingerprint density at radius 2 is 2.00 bits per heavy atom. The molecule has 2 rings (SSSR count). The predicted octanol–water partition coefficient (Wildman–Crippen LogP) is -0.0124. The summed E-state index contributed by atoms with van der Waals surface area (Å²) in [5.41, 5.74) is 0. The maximum atomic E-state index is 11.7. The quantitative estimate of drug-likeness (QED) is 0.660. The number of amides is 3. The number of carbonyl (C=O) groups is 2. The minimum absolute atomic E-state index is 0.225. The average molecular weight is 255 g/mol. The van der Waals surface area contributed by atoms with Crippen LogP contribution >= 0.6 is 0 Å². The molecule has 0 spiro atoms. The minimum Gasteiger partial charge on any atom is -0.376 e. The maximum Gasteiger partial charge on any atom is 0.321 e. The van der Waals surface area contributed by atoms with Gasteiger partial charge in [0.1, 0.15) is 0 Å². The van der Waals surface area contributed by atoms with E-state index >= 15 is 0 Å². The highest BCUT2D eigenvalue weighted by Gasteiger charge is 2.41. The first-order chi connectivity index (χ1) is 8.61. The van der Waals surface area contributed by atoms with E-state index in [-0.39, 0.29) is 18.1 Å². The van der Waals surface area contributed by atoms with Crippen molar-refractivity contribution in [2.75, 3.05) is 13.7 Å². The fourth-order valence-electron chi connectivity index (χ4n) is 2.36. The van der Waals surface area contributed by atoms with Gasteiger partial charge < -0.3 is 15.4 Å². The molecule has 6 nitrogen and oxygen atoms in total. The Hall–Kier alpha value is -1.14. The van der Waals surface area contributed by atoms with Crippen molar-refractivity contribution in [3.63, 3.8) is 0 Å². The van der Waals surface area contributed by atoms with Crippen LogP contribution in [0.4, 0.5) is 4.79 Å². The lowest BCUT2D eigenvalue weighted by Crippen LogP contribution is -2.52. The summed E-state index contributed by atoms with van der Waals surface area (Å²) in [5.74, 6) is 0.343. The molecule has 2 aliphatic rings. The fourth-order valence-corrected chi connectivity index (χ4v) is 2.36. The number of carbonyl (C=O) groups excluding carboxylic acids is 2. The van der Waals surface area contributed by atoms with Crippen molar-refractivity contribution >= 4 is 11.9 Å². The molecule has 3 amide bonds. The molecule has 3 N–H and O–H groups in total. The summed E-state index contributed by atoms with van der Waals surface area (Å²) in [5, 5.41) is 7.89. The van der Waals surface area contributed by atoms with Crippen LogP contribution in [0.3, 0.4) is 0 Å². The normalized spacial score (nSPS) is 28.8. The Balaban J connectivity index is 1.80. The summed E-state index contributed by atoms with van der Waals surface area (Å²) in [6.07, 6.45) is 3.61. The van der Waals surface area contributed by atoms with Gasteiger partial charge >= 0.3 is 6.03 Å². The molecular weight excluding hydrogens is 234 g/mol. The van der Waals surface area contributed by atoms with Gasteiger partial charge in [-0.2, -0.15) is 0 Å². The zero-order valence-corrected chi connectivity index (χ0v) is 10.9. The van der Waals surface area contributed by atoms with E-state index < -0.39 is 12.1 Å². The van der Waals surface area contributed by atoms with Crippen molar-refractivity contribution in [3.8, 4) is 0 Å². The van der Waals surface area contributed by atoms with E-state index in [1.54, 1.807) is 6.92 Å². The number of rotatable bonds is 4. The van der Waals surface area contributed by atoms with Crippen LogP contribution in [0.5, 0.6) is 0 Å². The number of ether oxygens (including phenoxy) is 1. The molecule has 0 aromatic carbocycles. The van der Waals surface area contributed by atoms with E-state index in [2.05, 4.69) is 16.0 Å². The number of hydrogen-bond donors (Lipinski definition) is 3. The Kier molecular flexibility index (Phi) is 4.19. The Morgan fingerprint density at radius 1 is 1.28 bits per heavy atom. The summed E-state index contributed by atoms with van der Waals surface area (Å²) in [4.78, 5) is 22.8. The average Bonchev–Trinajstić information content (AvgIpc) is 3.10. The molecule has 0 aromatic heterocycles. The first-order valence-electron chi connectivity index (χ1n) is 6.52. The van der Waals surface area contributed by atoms with Gasteiger partial charge in [-0.15, -0.1) is 0 Å². The summed E-state index contributed by atoms with van der Waals surface area (Å²) < 4.78 is 5.70. The first-order valence-corrected chi connectivity index (χ1v) is 6.52. The van der Waals surface area contributed by atoms with E-state index in [1.807, 2.05) is 0 Å². The van der Waals surface area contributed by atoms with Gasteiger partial charge in [0.15, 0.2) is 0 Å². The third-order valence-corrected chi connectivity index (χ3v) is 3.54. The molecule has 0 radical (unpaired) electrons. The van der Waals surface area contributed by atoms with E-state index in [9.17, 15) is 9.59 Å². The molecule has 1 aliphatic heterocycles. The topological polar surface area (TPSA) is 79.5 Å². The van der Waals surface area contributed by atoms with Gasteiger partial charge in [-0.1, -0.05) is 0 Å². The van der Waals surface area contributed by atoms with E-state index in [1.165, 1.54) is 19.9 Å². The molecule has 2 fully saturated rings. The third-order valence-electron chi connectivity index (χ3n) is 3.54. The van der Waals surface area contributed by atoms with Gasteiger partial charge in [0.25, 0.3) is 0 Å². The fraction of sp³-hybridized carbons (Fsp3) is 0.833. The number of urea groups is 1. The van der Waals surface area contributed by atoms with Crippen LogP contribution in [0.2, 0.25) is 0 Å². The standard InChI is InChI=1S/C12H21N3O3/c1-7(11(16)15-12(17)13-2)14-9-5-6-18-10(9)8-3-4-8/h7-10,14H,3-6H2,1-2H3,(H2,13,15,16,17). The van der Waals surface area contributed by atoms with Crippen LogP contribution in [0.15, 0.2) is 0 Å². The van der Waals surface area contributed by atoms with Gasteiger partial charge in [-0.05, 0) is 32.1 Å². The number of nitrogens with one attached hydrogen (secondary N) is 3. The molecule has 1 saturated carbocycles. The minimum atomic E-state index is -0.477. The molecule has 102 valence electrons. The van der Waals surface area contributed by atoms with Crippen LogP contribution < -0.4 is 16.0 Å². The highest BCUT2D eigenvalue weighted by atomic mass is 16.5. The summed E-state index contributed by atoms with van der Waals surface area (Å²) in [6.45, 7) is 2.52. The van der Waals surface area contributed by atoms with Gasteiger partial charge in [-0.25, -0.2) is 4.79 Å². The molecular formula is C12H21N3O3. The zero-order chi connectivity index (χ0) is 13.1. The molecule has 3 atom stereocenters. The molecule has 6 heteroatoms. The summed E-state index contributed by atoms with van der Waals surface area (Å²) in [7, 11) is 1.48. The molecule has 1 saturated heterocycles. The van der Waals surface area contributed by atoms with E-state index in [0.29, 0.717) is 5.92 Å². The molecule has 0 aromatic rings. The van der Waals surface area contributed by atoms with Crippen LogP contribution in [-0.4, -0.2) is 43.8 Å². The Morgan fingerprint density at radius 3 is 2.61 bits per heavy atom. The largest absolute Gasteiger partial charge is 0.376 e. The van der Waals surface area contributed by atoms with Crippen LogP contribution in [0, 0.1) is 5.92 Å². The molecule has 1 heterocycles. The van der Waals surface area contributed by atoms with Crippen LogP contribution in [0.1, 0.15) is 26.2 Å². The summed E-state index contributed by atoms with van der Waals surface area (Å²) in [6, 6.07) is -0.645. The predicted molar refractivity (Wildman–Crippen MR) is 66.1 cm³/mol. The van der Waals surface area contributed by atoms with Crippen molar-refractivity contribution in [1.29, 1.82) is 0 Å². The summed E-state index contributed by atoms with van der Waals surface area (Å²) >= 11 is 0. The second-order valence-corrected chi connectivity index (χ2v) is 5.02. The van der Waals surface area contributed by atoms with Gasteiger partial charge in [0.2, 0.25) is 5.91 Å². The number of hydrogen-bond acceptors (Lipinski definition) is 4. The van der Waals surface area contributed by atoms with Gasteiger partial charge in [0.05, 0.1) is 12.1 Å².